The van der Waals surface area contributed by atoms with Crippen molar-refractivity contribution in [1.29, 1.82) is 0 Å². The summed E-state index contributed by atoms with van der Waals surface area (Å²) in [7, 11) is 0. The van der Waals surface area contributed by atoms with Crippen molar-refractivity contribution in [3.8, 4) is 0 Å². The molecule has 2 amide bonds. The Bertz CT molecular complexity index is 609. The smallest absolute Gasteiger partial charge is 0.258 e. The van der Waals surface area contributed by atoms with Crippen LogP contribution >= 0.6 is 24.0 Å². The fraction of sp³-hybridized carbons (Fsp3) is 0.500. The predicted molar refractivity (Wildman–Crippen MR) is 92.2 cm³/mol. The highest BCUT2D eigenvalue weighted by atomic mass is 35.5. The number of nitrogens with zero attached hydrogens (tertiary/aromatic N) is 2. The Kier molecular flexibility index (Phi) is 6.43. The molecule has 2 aliphatic heterocycles. The normalized spacial score (nSPS) is 21.4. The topological polar surface area (TPSA) is 52.7 Å². The van der Waals surface area contributed by atoms with Gasteiger partial charge in [-0.2, -0.15) is 0 Å². The lowest BCUT2D eigenvalue weighted by atomic mass is 10.0. The van der Waals surface area contributed by atoms with Crippen molar-refractivity contribution in [3.63, 3.8) is 0 Å². The van der Waals surface area contributed by atoms with E-state index in [-0.39, 0.29) is 34.9 Å². The minimum Gasteiger partial charge on any atom is -0.336 e. The zero-order valence-corrected chi connectivity index (χ0v) is 14.7. The van der Waals surface area contributed by atoms with Crippen LogP contribution in [0.25, 0.3) is 0 Å². The zero-order chi connectivity index (χ0) is 16.4. The van der Waals surface area contributed by atoms with Crippen molar-refractivity contribution in [3.05, 3.63) is 34.6 Å². The molecule has 132 valence electrons. The van der Waals surface area contributed by atoms with Crippen LogP contribution in [0, 0.1) is 5.82 Å². The number of benzene rings is 1. The number of carbonyl (C=O) groups excluding carboxylic acids is 2. The van der Waals surface area contributed by atoms with Gasteiger partial charge in [-0.15, -0.1) is 12.4 Å². The molecule has 0 spiro atoms. The van der Waals surface area contributed by atoms with Crippen molar-refractivity contribution < 1.29 is 14.0 Å². The Morgan fingerprint density at radius 2 is 2.12 bits per heavy atom. The first-order valence-electron chi connectivity index (χ1n) is 7.81. The van der Waals surface area contributed by atoms with Crippen LogP contribution in [0.2, 0.25) is 5.02 Å². The maximum atomic E-state index is 14.0. The van der Waals surface area contributed by atoms with E-state index in [1.165, 1.54) is 18.2 Å². The van der Waals surface area contributed by atoms with Crippen molar-refractivity contribution >= 4 is 35.8 Å². The summed E-state index contributed by atoms with van der Waals surface area (Å²) >= 11 is 5.99. The summed E-state index contributed by atoms with van der Waals surface area (Å²) in [6.07, 6.45) is 1.65. The first-order chi connectivity index (χ1) is 11.1. The first kappa shape index (κ1) is 19.0. The molecule has 1 aromatic rings. The third-order valence-electron chi connectivity index (χ3n) is 4.43. The molecular formula is C16H20Cl2FN3O2. The maximum Gasteiger partial charge on any atom is 0.258 e. The molecule has 0 saturated carbocycles. The van der Waals surface area contributed by atoms with E-state index in [4.69, 9.17) is 11.6 Å². The number of hydrogen-bond donors (Lipinski definition) is 1. The molecule has 2 fully saturated rings. The molecule has 5 nitrogen and oxygen atoms in total. The Morgan fingerprint density at radius 1 is 1.33 bits per heavy atom. The number of rotatable bonds is 2. The highest BCUT2D eigenvalue weighted by Gasteiger charge is 2.33. The second kappa shape index (κ2) is 8.14. The number of piperazine rings is 1. The van der Waals surface area contributed by atoms with Gasteiger partial charge in [-0.05, 0) is 25.0 Å². The Hall–Kier alpha value is -1.37. The number of likely N-dealkylation sites (tertiary alicyclic amines) is 1. The molecule has 2 aliphatic rings. The van der Waals surface area contributed by atoms with Gasteiger partial charge in [0.2, 0.25) is 5.91 Å². The SMILES string of the molecule is Cl.O=C(c1c(F)cccc1Cl)N1CCCC(N2CCNCC2=O)C1. The third kappa shape index (κ3) is 3.82. The van der Waals surface area contributed by atoms with Gasteiger partial charge in [0.1, 0.15) is 5.82 Å². The summed E-state index contributed by atoms with van der Waals surface area (Å²) < 4.78 is 14.0. The largest absolute Gasteiger partial charge is 0.336 e. The number of halogens is 3. The van der Waals surface area contributed by atoms with E-state index in [0.717, 1.165) is 19.4 Å². The highest BCUT2D eigenvalue weighted by Crippen LogP contribution is 2.24. The highest BCUT2D eigenvalue weighted by molar-refractivity contribution is 6.33. The summed E-state index contributed by atoms with van der Waals surface area (Å²) in [5.41, 5.74) is -0.0820. The number of piperidine rings is 1. The molecule has 1 unspecified atom stereocenters. The molecule has 0 bridgehead atoms. The van der Waals surface area contributed by atoms with Gasteiger partial charge in [0, 0.05) is 32.2 Å². The first-order valence-corrected chi connectivity index (χ1v) is 8.19. The van der Waals surface area contributed by atoms with Gasteiger partial charge in [-0.1, -0.05) is 17.7 Å². The molecule has 3 rings (SSSR count). The Morgan fingerprint density at radius 3 is 2.83 bits per heavy atom. The van der Waals surface area contributed by atoms with Crippen molar-refractivity contribution in [2.75, 3.05) is 32.7 Å². The van der Waals surface area contributed by atoms with Gasteiger partial charge in [-0.25, -0.2) is 4.39 Å². The molecule has 2 heterocycles. The fourth-order valence-electron chi connectivity index (χ4n) is 3.26. The average molecular weight is 376 g/mol. The zero-order valence-electron chi connectivity index (χ0n) is 13.1. The molecule has 24 heavy (non-hydrogen) atoms. The Labute approximate surface area is 151 Å². The molecule has 1 aromatic carbocycles. The van der Waals surface area contributed by atoms with Crippen LogP contribution < -0.4 is 5.32 Å². The van der Waals surface area contributed by atoms with Crippen LogP contribution in [-0.4, -0.2) is 60.4 Å². The summed E-state index contributed by atoms with van der Waals surface area (Å²) in [5, 5.41) is 3.16. The summed E-state index contributed by atoms with van der Waals surface area (Å²) in [4.78, 5) is 28.1. The quantitative estimate of drug-likeness (QED) is 0.859. The van der Waals surface area contributed by atoms with E-state index in [1.54, 1.807) is 4.90 Å². The molecule has 0 aromatic heterocycles. The van der Waals surface area contributed by atoms with Crippen LogP contribution in [0.4, 0.5) is 4.39 Å². The van der Waals surface area contributed by atoms with E-state index in [2.05, 4.69) is 5.32 Å². The second-order valence-corrected chi connectivity index (χ2v) is 6.31. The van der Waals surface area contributed by atoms with E-state index >= 15 is 0 Å². The van der Waals surface area contributed by atoms with E-state index in [9.17, 15) is 14.0 Å². The van der Waals surface area contributed by atoms with Crippen molar-refractivity contribution in [2.24, 2.45) is 0 Å². The van der Waals surface area contributed by atoms with Gasteiger partial charge in [0.05, 0.1) is 17.1 Å². The molecule has 0 aliphatic carbocycles. The summed E-state index contributed by atoms with van der Waals surface area (Å²) in [6.45, 7) is 2.72. The van der Waals surface area contributed by atoms with Gasteiger partial charge in [-0.3, -0.25) is 9.59 Å². The molecule has 8 heteroatoms. The predicted octanol–water partition coefficient (Wildman–Crippen LogP) is 1.94. The van der Waals surface area contributed by atoms with Gasteiger partial charge < -0.3 is 15.1 Å². The second-order valence-electron chi connectivity index (χ2n) is 5.91. The van der Waals surface area contributed by atoms with Crippen LogP contribution in [0.1, 0.15) is 23.2 Å². The van der Waals surface area contributed by atoms with Gasteiger partial charge in [0.25, 0.3) is 5.91 Å². The summed E-state index contributed by atoms with van der Waals surface area (Å²) in [6, 6.07) is 4.22. The number of carbonyl (C=O) groups is 2. The monoisotopic (exact) mass is 375 g/mol. The van der Waals surface area contributed by atoms with Crippen molar-refractivity contribution in [2.45, 2.75) is 18.9 Å². The van der Waals surface area contributed by atoms with Crippen LogP contribution in [-0.2, 0) is 4.79 Å². The van der Waals surface area contributed by atoms with E-state index in [1.807, 2.05) is 4.90 Å². The van der Waals surface area contributed by atoms with Gasteiger partial charge in [0.15, 0.2) is 0 Å². The molecule has 0 radical (unpaired) electrons. The molecule has 1 N–H and O–H groups in total. The fourth-order valence-corrected chi connectivity index (χ4v) is 3.50. The third-order valence-corrected chi connectivity index (χ3v) is 4.74. The standard InChI is InChI=1S/C16H19ClFN3O2.ClH/c17-12-4-1-5-13(18)15(12)16(23)20-7-2-3-11(10-20)21-8-6-19-9-14(21)22;/h1,4-5,11,19H,2-3,6-10H2;1H. The number of nitrogens with one attached hydrogen (secondary N) is 1. The Balaban J connectivity index is 0.00000208. The minimum absolute atomic E-state index is 0. The van der Waals surface area contributed by atoms with Gasteiger partial charge >= 0.3 is 0 Å². The lowest BCUT2D eigenvalue weighted by Gasteiger charge is -2.41. The lowest BCUT2D eigenvalue weighted by Crippen LogP contribution is -2.57. The minimum atomic E-state index is -0.608. The van der Waals surface area contributed by atoms with Crippen molar-refractivity contribution in [1.82, 2.24) is 15.1 Å². The molecular weight excluding hydrogens is 356 g/mol. The van der Waals surface area contributed by atoms with E-state index < -0.39 is 11.7 Å². The van der Waals surface area contributed by atoms with Crippen LogP contribution in [0.15, 0.2) is 18.2 Å². The average Bonchev–Trinajstić information content (AvgIpc) is 2.55. The number of hydrogen-bond acceptors (Lipinski definition) is 3. The lowest BCUT2D eigenvalue weighted by molar-refractivity contribution is -0.135. The summed E-state index contributed by atoms with van der Waals surface area (Å²) in [5.74, 6) is -0.956. The maximum absolute atomic E-state index is 14.0. The molecule has 1 atom stereocenters. The van der Waals surface area contributed by atoms with Crippen LogP contribution in [0.5, 0.6) is 0 Å². The molecule has 2 saturated heterocycles. The van der Waals surface area contributed by atoms with Crippen LogP contribution in [0.3, 0.4) is 0 Å². The number of amides is 2. The van der Waals surface area contributed by atoms with E-state index in [0.29, 0.717) is 26.2 Å².